The van der Waals surface area contributed by atoms with Crippen molar-refractivity contribution < 1.29 is 8.42 Å². The average Bonchev–Trinajstić information content (AvgIpc) is 3.60. The van der Waals surface area contributed by atoms with Crippen LogP contribution in [0.25, 0.3) is 0 Å². The number of nitriles is 2. The summed E-state index contributed by atoms with van der Waals surface area (Å²) in [6, 6.07) is 35.1. The van der Waals surface area contributed by atoms with E-state index in [1.807, 2.05) is 65.2 Å². The number of imidazole rings is 1. The molecule has 1 aromatic heterocycles. The zero-order valence-corrected chi connectivity index (χ0v) is 28.3. The van der Waals surface area contributed by atoms with Crippen LogP contribution >= 0.6 is 12.2 Å². The summed E-state index contributed by atoms with van der Waals surface area (Å²) in [5.74, 6) is 0. The van der Waals surface area contributed by atoms with E-state index in [4.69, 9.17) is 17.5 Å². The number of thiocarbonyl (C=S) groups is 1. The van der Waals surface area contributed by atoms with Gasteiger partial charge in [0.15, 0.2) is 5.11 Å². The first-order valence-electron chi connectivity index (χ1n) is 15.8. The van der Waals surface area contributed by atoms with Gasteiger partial charge in [0.1, 0.15) is 0 Å². The molecule has 0 aliphatic carbocycles. The van der Waals surface area contributed by atoms with Gasteiger partial charge in [0, 0.05) is 51.2 Å². The van der Waals surface area contributed by atoms with Gasteiger partial charge in [0.2, 0.25) is 0 Å². The fraction of sp³-hybridized carbons (Fsp3) is 0.189. The number of hydrogen-bond acceptors (Lipinski definition) is 7. The van der Waals surface area contributed by atoms with Crippen LogP contribution < -0.4 is 14.5 Å². The molecule has 0 bridgehead atoms. The molecule has 1 fully saturated rings. The fourth-order valence-corrected chi connectivity index (χ4v) is 7.37. The smallest absolute Gasteiger partial charge is 0.264 e. The minimum atomic E-state index is -4.03. The van der Waals surface area contributed by atoms with Crippen molar-refractivity contribution >= 4 is 38.7 Å². The number of anilines is 2. The Morgan fingerprint density at radius 3 is 2.08 bits per heavy atom. The number of benzene rings is 4. The van der Waals surface area contributed by atoms with Gasteiger partial charge in [0.25, 0.3) is 10.0 Å². The Bertz CT molecular complexity index is 2080. The number of rotatable bonds is 10. The average molecular weight is 687 g/mol. The monoisotopic (exact) mass is 686 g/mol. The van der Waals surface area contributed by atoms with E-state index >= 15 is 0 Å². The second-order valence-electron chi connectivity index (χ2n) is 11.6. The molecular weight excluding hydrogens is 653 g/mol. The third-order valence-electron chi connectivity index (χ3n) is 8.47. The molecule has 49 heavy (non-hydrogen) atoms. The summed E-state index contributed by atoms with van der Waals surface area (Å²) >= 11 is 5.67. The number of nitrogens with zero attached hydrogens (tertiary/aromatic N) is 7. The zero-order valence-electron chi connectivity index (χ0n) is 26.7. The summed E-state index contributed by atoms with van der Waals surface area (Å²) in [6.07, 6.45) is 3.34. The molecule has 4 aromatic carbocycles. The molecule has 5 aromatic rings. The lowest BCUT2D eigenvalue weighted by Crippen LogP contribution is -2.51. The molecule has 0 radical (unpaired) electrons. The first-order valence-corrected chi connectivity index (χ1v) is 17.6. The molecule has 1 N–H and O–H groups in total. The lowest BCUT2D eigenvalue weighted by molar-refractivity contribution is 0.380. The van der Waals surface area contributed by atoms with Gasteiger partial charge in [-0.25, -0.2) is 13.4 Å². The molecule has 6 rings (SSSR count). The molecule has 246 valence electrons. The summed E-state index contributed by atoms with van der Waals surface area (Å²) in [5.41, 5.74) is 5.27. The molecule has 0 spiro atoms. The quantitative estimate of drug-likeness (QED) is 0.196. The van der Waals surface area contributed by atoms with Gasteiger partial charge in [-0.2, -0.15) is 10.5 Å². The van der Waals surface area contributed by atoms with Crippen LogP contribution in [0.15, 0.2) is 121 Å². The third-order valence-corrected chi connectivity index (χ3v) is 10.7. The van der Waals surface area contributed by atoms with Crippen LogP contribution in [0.1, 0.15) is 27.9 Å². The Kier molecular flexibility index (Phi) is 10.2. The number of aromatic nitrogens is 2. The maximum absolute atomic E-state index is 14.2. The van der Waals surface area contributed by atoms with E-state index in [9.17, 15) is 13.7 Å². The number of piperazine rings is 1. The predicted molar refractivity (Wildman–Crippen MR) is 193 cm³/mol. The molecule has 0 unspecified atom stereocenters. The predicted octanol–water partition coefficient (Wildman–Crippen LogP) is 5.27. The third kappa shape index (κ3) is 7.90. The highest BCUT2D eigenvalue weighted by molar-refractivity contribution is 7.92. The van der Waals surface area contributed by atoms with Crippen molar-refractivity contribution in [1.29, 1.82) is 10.5 Å². The fourth-order valence-electron chi connectivity index (χ4n) is 5.68. The summed E-state index contributed by atoms with van der Waals surface area (Å²) in [7, 11) is -4.03. The first-order chi connectivity index (χ1) is 23.8. The maximum Gasteiger partial charge on any atom is 0.264 e. The van der Waals surface area contributed by atoms with Crippen molar-refractivity contribution in [2.75, 3.05) is 35.4 Å². The first kappa shape index (κ1) is 33.2. The molecule has 1 aliphatic heterocycles. The van der Waals surface area contributed by atoms with E-state index in [0.29, 0.717) is 35.6 Å². The van der Waals surface area contributed by atoms with Crippen LogP contribution in [0.5, 0.6) is 0 Å². The zero-order chi connectivity index (χ0) is 34.2. The number of sulfonamides is 1. The highest BCUT2D eigenvalue weighted by atomic mass is 32.2. The SMILES string of the molecule is N#Cc1ccc(Cn2cncc2CN(c2ccc(N3CCN(C(=S)NCc4ccccc4)CC3)cc2)S(=O)(=O)c2ccc(C#N)cc2)cc1. The van der Waals surface area contributed by atoms with E-state index in [-0.39, 0.29) is 11.4 Å². The van der Waals surface area contributed by atoms with E-state index in [2.05, 4.69) is 38.3 Å². The lowest BCUT2D eigenvalue weighted by atomic mass is 10.1. The topological polar surface area (TPSA) is 121 Å². The van der Waals surface area contributed by atoms with Crippen LogP contribution in [0, 0.1) is 22.7 Å². The van der Waals surface area contributed by atoms with Crippen molar-refractivity contribution in [3.05, 3.63) is 144 Å². The molecular formula is C37H34N8O2S2. The Labute approximate surface area is 292 Å². The van der Waals surface area contributed by atoms with Crippen molar-refractivity contribution in [2.45, 2.75) is 24.5 Å². The van der Waals surface area contributed by atoms with Crippen molar-refractivity contribution in [3.63, 3.8) is 0 Å². The van der Waals surface area contributed by atoms with E-state index in [1.165, 1.54) is 34.1 Å². The van der Waals surface area contributed by atoms with Gasteiger partial charge < -0.3 is 19.7 Å². The largest absolute Gasteiger partial charge is 0.368 e. The van der Waals surface area contributed by atoms with Crippen LogP contribution in [0.4, 0.5) is 11.4 Å². The summed E-state index contributed by atoms with van der Waals surface area (Å²) in [6.45, 7) is 4.25. The molecule has 0 amide bonds. The molecule has 0 atom stereocenters. The normalized spacial score (nSPS) is 12.9. The molecule has 1 aliphatic rings. The molecule has 0 saturated carbocycles. The summed E-state index contributed by atoms with van der Waals surface area (Å²) < 4.78 is 31.6. The van der Waals surface area contributed by atoms with Crippen molar-refractivity contribution in [1.82, 2.24) is 19.8 Å². The van der Waals surface area contributed by atoms with Crippen molar-refractivity contribution in [2.24, 2.45) is 0 Å². The standard InChI is InChI=1S/C37H34N8O2S2/c38-22-29-6-8-32(9-7-29)26-44-28-40-25-35(44)27-45(49(46,47)36-16-10-30(23-39)11-17-36)34-14-12-33(13-15-34)42-18-20-43(21-19-42)37(48)41-24-31-4-2-1-3-5-31/h1-17,25,28H,18-21,24,26-27H2,(H,41,48). The van der Waals surface area contributed by atoms with Gasteiger partial charge in [-0.15, -0.1) is 0 Å². The molecule has 10 nitrogen and oxygen atoms in total. The van der Waals surface area contributed by atoms with Gasteiger partial charge >= 0.3 is 0 Å². The highest BCUT2D eigenvalue weighted by Gasteiger charge is 2.27. The van der Waals surface area contributed by atoms with E-state index in [0.717, 1.165) is 42.5 Å². The van der Waals surface area contributed by atoms with Gasteiger partial charge in [0.05, 0.1) is 52.4 Å². The van der Waals surface area contributed by atoms with Crippen LogP contribution in [0.3, 0.4) is 0 Å². The highest BCUT2D eigenvalue weighted by Crippen LogP contribution is 2.29. The Morgan fingerprint density at radius 2 is 1.45 bits per heavy atom. The number of hydrogen-bond donors (Lipinski definition) is 1. The Morgan fingerprint density at radius 1 is 0.816 bits per heavy atom. The van der Waals surface area contributed by atoms with Crippen molar-refractivity contribution in [3.8, 4) is 12.1 Å². The van der Waals surface area contributed by atoms with Gasteiger partial charge in [-0.1, -0.05) is 42.5 Å². The summed E-state index contributed by atoms with van der Waals surface area (Å²) in [5, 5.41) is 22.5. The van der Waals surface area contributed by atoms with E-state index < -0.39 is 10.0 Å². The van der Waals surface area contributed by atoms with Crippen LogP contribution in [-0.2, 0) is 29.7 Å². The molecule has 2 heterocycles. The minimum absolute atomic E-state index is 0.0318. The summed E-state index contributed by atoms with van der Waals surface area (Å²) in [4.78, 5) is 8.86. The van der Waals surface area contributed by atoms with Gasteiger partial charge in [-0.3, -0.25) is 4.31 Å². The lowest BCUT2D eigenvalue weighted by Gasteiger charge is -2.37. The second kappa shape index (κ2) is 15.0. The molecule has 1 saturated heterocycles. The van der Waals surface area contributed by atoms with Crippen LogP contribution in [-0.4, -0.2) is 54.2 Å². The van der Waals surface area contributed by atoms with Gasteiger partial charge in [-0.05, 0) is 84.0 Å². The Balaban J connectivity index is 1.19. The second-order valence-corrected chi connectivity index (χ2v) is 13.9. The number of nitrogens with one attached hydrogen (secondary N) is 1. The maximum atomic E-state index is 14.2. The molecule has 12 heteroatoms. The van der Waals surface area contributed by atoms with E-state index in [1.54, 1.807) is 24.7 Å². The van der Waals surface area contributed by atoms with Crippen LogP contribution in [0.2, 0.25) is 0 Å². The Hall–Kier alpha value is -5.69. The minimum Gasteiger partial charge on any atom is -0.368 e.